The number of nitrogens with two attached hydrogens (primary N) is 1. The Morgan fingerprint density at radius 2 is 1.95 bits per heavy atom. The Labute approximate surface area is 123 Å². The van der Waals surface area contributed by atoms with Gasteiger partial charge >= 0.3 is 0 Å². The fourth-order valence-electron chi connectivity index (χ4n) is 3.15. The van der Waals surface area contributed by atoms with Crippen molar-refractivity contribution in [2.24, 2.45) is 11.3 Å². The number of nitrogens with zero attached hydrogens (tertiary/aromatic N) is 1. The fourth-order valence-corrected chi connectivity index (χ4v) is 3.15. The van der Waals surface area contributed by atoms with Crippen molar-refractivity contribution < 1.29 is 4.74 Å². The number of benzene rings is 1. The van der Waals surface area contributed by atoms with Crippen molar-refractivity contribution in [1.82, 2.24) is 0 Å². The lowest BCUT2D eigenvalue weighted by atomic mass is 9.77. The van der Waals surface area contributed by atoms with Crippen LogP contribution in [0.1, 0.15) is 40.0 Å². The molecule has 1 saturated heterocycles. The van der Waals surface area contributed by atoms with Gasteiger partial charge in [-0.2, -0.15) is 0 Å². The molecule has 1 aliphatic heterocycles. The molecule has 0 amide bonds. The second-order valence-electron chi connectivity index (χ2n) is 6.91. The van der Waals surface area contributed by atoms with E-state index < -0.39 is 0 Å². The van der Waals surface area contributed by atoms with Crippen molar-refractivity contribution in [2.75, 3.05) is 30.8 Å². The van der Waals surface area contributed by atoms with E-state index in [1.807, 2.05) is 12.1 Å². The first-order chi connectivity index (χ1) is 9.41. The Bertz CT molecular complexity index is 451. The molecule has 112 valence electrons. The zero-order valence-corrected chi connectivity index (χ0v) is 13.3. The molecule has 2 rings (SSSR count). The van der Waals surface area contributed by atoms with Crippen molar-refractivity contribution >= 4 is 11.4 Å². The van der Waals surface area contributed by atoms with E-state index in [1.165, 1.54) is 19.3 Å². The van der Waals surface area contributed by atoms with E-state index in [2.05, 4.69) is 31.7 Å². The number of ether oxygens (including phenoxy) is 1. The summed E-state index contributed by atoms with van der Waals surface area (Å²) in [5.41, 5.74) is 8.55. The second kappa shape index (κ2) is 5.94. The predicted molar refractivity (Wildman–Crippen MR) is 86.4 cm³/mol. The van der Waals surface area contributed by atoms with Gasteiger partial charge in [0.25, 0.3) is 0 Å². The molecule has 3 heteroatoms. The van der Waals surface area contributed by atoms with Crippen LogP contribution in [0.4, 0.5) is 11.4 Å². The van der Waals surface area contributed by atoms with Crippen molar-refractivity contribution in [3.63, 3.8) is 0 Å². The van der Waals surface area contributed by atoms with Crippen LogP contribution in [0.25, 0.3) is 0 Å². The van der Waals surface area contributed by atoms with Gasteiger partial charge in [0.1, 0.15) is 5.75 Å². The summed E-state index contributed by atoms with van der Waals surface area (Å²) in [4.78, 5) is 2.43. The predicted octanol–water partition coefficient (Wildman–Crippen LogP) is 3.93. The molecule has 1 atom stereocenters. The molecular formula is C17H28N2O. The van der Waals surface area contributed by atoms with Crippen LogP contribution >= 0.6 is 0 Å². The third kappa shape index (κ3) is 3.38. The maximum atomic E-state index is 6.18. The van der Waals surface area contributed by atoms with Gasteiger partial charge in [-0.05, 0) is 42.7 Å². The monoisotopic (exact) mass is 276 g/mol. The number of anilines is 2. The minimum Gasteiger partial charge on any atom is -0.497 e. The molecule has 1 aromatic carbocycles. The zero-order chi connectivity index (χ0) is 14.8. The average Bonchev–Trinajstić information content (AvgIpc) is 2.63. The molecule has 0 aromatic heterocycles. The number of methoxy groups -OCH3 is 1. The second-order valence-corrected chi connectivity index (χ2v) is 6.91. The molecule has 0 aliphatic carbocycles. The SMILES string of the molecule is COc1ccc(N2CCCC(C(C)(C)C)CC2)c(N)c1. The molecular weight excluding hydrogens is 248 g/mol. The lowest BCUT2D eigenvalue weighted by molar-refractivity contribution is 0.220. The Balaban J connectivity index is 2.11. The maximum Gasteiger partial charge on any atom is 0.121 e. The van der Waals surface area contributed by atoms with Crippen molar-refractivity contribution in [3.05, 3.63) is 18.2 Å². The first kappa shape index (κ1) is 15.0. The van der Waals surface area contributed by atoms with Crippen LogP contribution in [0, 0.1) is 11.3 Å². The first-order valence-electron chi connectivity index (χ1n) is 7.60. The van der Waals surface area contributed by atoms with Gasteiger partial charge in [-0.3, -0.25) is 0 Å². The van der Waals surface area contributed by atoms with E-state index in [0.717, 1.165) is 36.1 Å². The lowest BCUT2D eigenvalue weighted by Gasteiger charge is -2.30. The lowest BCUT2D eigenvalue weighted by Crippen LogP contribution is -2.26. The van der Waals surface area contributed by atoms with E-state index in [4.69, 9.17) is 10.5 Å². The third-order valence-corrected chi connectivity index (χ3v) is 4.53. The molecule has 1 fully saturated rings. The average molecular weight is 276 g/mol. The summed E-state index contributed by atoms with van der Waals surface area (Å²) in [5, 5.41) is 0. The van der Waals surface area contributed by atoms with Crippen molar-refractivity contribution in [2.45, 2.75) is 40.0 Å². The fraction of sp³-hybridized carbons (Fsp3) is 0.647. The van der Waals surface area contributed by atoms with Gasteiger partial charge in [-0.25, -0.2) is 0 Å². The highest BCUT2D eigenvalue weighted by atomic mass is 16.5. The Kier molecular flexibility index (Phi) is 4.46. The number of hydrogen-bond donors (Lipinski definition) is 1. The summed E-state index contributed by atoms with van der Waals surface area (Å²) in [7, 11) is 1.67. The van der Waals surface area contributed by atoms with Gasteiger partial charge in [0.2, 0.25) is 0 Å². The molecule has 0 saturated carbocycles. The van der Waals surface area contributed by atoms with Crippen LogP contribution in [-0.2, 0) is 0 Å². The number of rotatable bonds is 2. The van der Waals surface area contributed by atoms with Crippen LogP contribution in [0.3, 0.4) is 0 Å². The Hall–Kier alpha value is -1.38. The summed E-state index contributed by atoms with van der Waals surface area (Å²) >= 11 is 0. The summed E-state index contributed by atoms with van der Waals surface area (Å²) in [6, 6.07) is 6.00. The van der Waals surface area contributed by atoms with Crippen LogP contribution in [0.5, 0.6) is 5.75 Å². The van der Waals surface area contributed by atoms with E-state index in [9.17, 15) is 0 Å². The Morgan fingerprint density at radius 3 is 2.55 bits per heavy atom. The molecule has 3 nitrogen and oxygen atoms in total. The topological polar surface area (TPSA) is 38.5 Å². The number of nitrogen functional groups attached to an aromatic ring is 1. The van der Waals surface area contributed by atoms with Crippen molar-refractivity contribution in [1.29, 1.82) is 0 Å². The van der Waals surface area contributed by atoms with Crippen LogP contribution in [-0.4, -0.2) is 20.2 Å². The summed E-state index contributed by atoms with van der Waals surface area (Å²) in [6.07, 6.45) is 3.80. The highest BCUT2D eigenvalue weighted by molar-refractivity contribution is 5.69. The minimum absolute atomic E-state index is 0.404. The smallest absolute Gasteiger partial charge is 0.121 e. The minimum atomic E-state index is 0.404. The van der Waals surface area contributed by atoms with Gasteiger partial charge in [-0.15, -0.1) is 0 Å². The van der Waals surface area contributed by atoms with Crippen molar-refractivity contribution in [3.8, 4) is 5.75 Å². The van der Waals surface area contributed by atoms with E-state index in [-0.39, 0.29) is 0 Å². The molecule has 1 unspecified atom stereocenters. The quantitative estimate of drug-likeness (QED) is 0.832. The van der Waals surface area contributed by atoms with Gasteiger partial charge in [0, 0.05) is 19.2 Å². The summed E-state index contributed by atoms with van der Waals surface area (Å²) in [6.45, 7) is 9.26. The number of hydrogen-bond acceptors (Lipinski definition) is 3. The Morgan fingerprint density at radius 1 is 1.20 bits per heavy atom. The molecule has 20 heavy (non-hydrogen) atoms. The molecule has 0 spiro atoms. The van der Waals surface area contributed by atoms with Crippen LogP contribution in [0.15, 0.2) is 18.2 Å². The zero-order valence-electron chi connectivity index (χ0n) is 13.3. The maximum absolute atomic E-state index is 6.18. The first-order valence-corrected chi connectivity index (χ1v) is 7.60. The van der Waals surface area contributed by atoms with Crippen LogP contribution < -0.4 is 15.4 Å². The van der Waals surface area contributed by atoms with Gasteiger partial charge < -0.3 is 15.4 Å². The van der Waals surface area contributed by atoms with E-state index in [1.54, 1.807) is 7.11 Å². The van der Waals surface area contributed by atoms with Gasteiger partial charge in [0.05, 0.1) is 18.5 Å². The van der Waals surface area contributed by atoms with E-state index >= 15 is 0 Å². The molecule has 0 bridgehead atoms. The molecule has 1 aromatic rings. The highest BCUT2D eigenvalue weighted by Crippen LogP contribution is 2.36. The summed E-state index contributed by atoms with van der Waals surface area (Å²) < 4.78 is 5.23. The normalized spacial score (nSPS) is 20.6. The highest BCUT2D eigenvalue weighted by Gasteiger charge is 2.27. The molecule has 2 N–H and O–H groups in total. The van der Waals surface area contributed by atoms with Gasteiger partial charge in [0.15, 0.2) is 0 Å². The third-order valence-electron chi connectivity index (χ3n) is 4.53. The van der Waals surface area contributed by atoms with Crippen LogP contribution in [0.2, 0.25) is 0 Å². The molecule has 1 aliphatic rings. The van der Waals surface area contributed by atoms with Gasteiger partial charge in [-0.1, -0.05) is 20.8 Å². The standard InChI is InChI=1S/C17H28N2O/c1-17(2,3)13-6-5-10-19(11-9-13)16-8-7-14(20-4)12-15(16)18/h7-8,12-13H,5-6,9-11,18H2,1-4H3. The van der Waals surface area contributed by atoms with E-state index in [0.29, 0.717) is 5.41 Å². The summed E-state index contributed by atoms with van der Waals surface area (Å²) in [5.74, 6) is 1.63. The molecule has 0 radical (unpaired) electrons. The molecule has 1 heterocycles. The largest absolute Gasteiger partial charge is 0.497 e.